The largest absolute Gasteiger partial charge is 0.484 e. The molecule has 0 bridgehead atoms. The first-order valence-electron chi connectivity index (χ1n) is 9.27. The summed E-state index contributed by atoms with van der Waals surface area (Å²) in [6, 6.07) is 18.8. The van der Waals surface area contributed by atoms with Crippen LogP contribution in [0, 0.1) is 11.3 Å². The first-order chi connectivity index (χ1) is 14.6. The number of halogens is 1. The molecular formula is C23H19ClN2O4. The second kappa shape index (κ2) is 10.3. The summed E-state index contributed by atoms with van der Waals surface area (Å²) < 4.78 is 10.8. The molecule has 0 saturated carbocycles. The van der Waals surface area contributed by atoms with Gasteiger partial charge in [-0.15, -0.1) is 0 Å². The maximum absolute atomic E-state index is 12.5. The summed E-state index contributed by atoms with van der Waals surface area (Å²) in [5, 5.41) is 9.39. The van der Waals surface area contributed by atoms with Crippen molar-refractivity contribution in [2.24, 2.45) is 0 Å². The molecule has 0 saturated heterocycles. The van der Waals surface area contributed by atoms with E-state index in [0.717, 1.165) is 0 Å². The molecule has 1 aromatic heterocycles. The number of carbonyl (C=O) groups excluding carboxylic acids is 2. The van der Waals surface area contributed by atoms with Crippen molar-refractivity contribution in [2.45, 2.75) is 13.0 Å². The minimum absolute atomic E-state index is 0.129. The third-order valence-electron chi connectivity index (χ3n) is 4.36. The van der Waals surface area contributed by atoms with Gasteiger partial charge in [-0.3, -0.25) is 9.59 Å². The molecule has 3 rings (SSSR count). The molecule has 0 aliphatic rings. The van der Waals surface area contributed by atoms with Crippen LogP contribution in [0.1, 0.15) is 28.1 Å². The summed E-state index contributed by atoms with van der Waals surface area (Å²) in [4.78, 5) is 26.5. The van der Waals surface area contributed by atoms with Crippen molar-refractivity contribution < 1.29 is 18.7 Å². The number of hydrogen-bond donors (Lipinski definition) is 0. The van der Waals surface area contributed by atoms with Gasteiger partial charge in [-0.05, 0) is 60.7 Å². The lowest BCUT2D eigenvalue weighted by atomic mass is 10.0. The van der Waals surface area contributed by atoms with E-state index < -0.39 is 0 Å². The average molecular weight is 423 g/mol. The van der Waals surface area contributed by atoms with Crippen LogP contribution in [-0.4, -0.2) is 29.7 Å². The molecule has 2 aromatic carbocycles. The molecule has 0 fully saturated rings. The summed E-state index contributed by atoms with van der Waals surface area (Å²) in [6.45, 7) is 0.371. The van der Waals surface area contributed by atoms with E-state index in [1.54, 1.807) is 60.7 Å². The van der Waals surface area contributed by atoms with Crippen LogP contribution >= 0.6 is 11.6 Å². The van der Waals surface area contributed by atoms with Gasteiger partial charge in [0.15, 0.2) is 12.4 Å². The molecule has 7 heteroatoms. The van der Waals surface area contributed by atoms with E-state index in [1.807, 2.05) is 6.07 Å². The summed E-state index contributed by atoms with van der Waals surface area (Å²) in [5.41, 5.74) is 1.04. The number of nitriles is 1. The summed E-state index contributed by atoms with van der Waals surface area (Å²) in [5.74, 6) is 0.707. The lowest BCUT2D eigenvalue weighted by Gasteiger charge is -2.20. The number of furan rings is 1. The number of rotatable bonds is 9. The first kappa shape index (κ1) is 21.2. The molecule has 1 heterocycles. The van der Waals surface area contributed by atoms with Crippen LogP contribution in [0.15, 0.2) is 71.3 Å². The lowest BCUT2D eigenvalue weighted by molar-refractivity contribution is -0.134. The van der Waals surface area contributed by atoms with Crippen LogP contribution < -0.4 is 4.74 Å². The Labute approximate surface area is 179 Å². The highest BCUT2D eigenvalue weighted by Gasteiger charge is 2.16. The third kappa shape index (κ3) is 5.72. The number of nitrogens with zero attached hydrogens (tertiary/aromatic N) is 2. The summed E-state index contributed by atoms with van der Waals surface area (Å²) in [7, 11) is 0. The molecule has 1 amide bonds. The van der Waals surface area contributed by atoms with E-state index in [4.69, 9.17) is 26.0 Å². The summed E-state index contributed by atoms with van der Waals surface area (Å²) >= 11 is 5.85. The van der Waals surface area contributed by atoms with Gasteiger partial charge in [-0.25, -0.2) is 0 Å². The Morgan fingerprint density at radius 1 is 1.03 bits per heavy atom. The van der Waals surface area contributed by atoms with Crippen molar-refractivity contribution in [3.63, 3.8) is 0 Å². The van der Waals surface area contributed by atoms with Crippen LogP contribution in [0.2, 0.25) is 5.02 Å². The Hall–Kier alpha value is -3.56. The van der Waals surface area contributed by atoms with Crippen LogP contribution in [0.4, 0.5) is 0 Å². The molecule has 3 aromatic rings. The molecule has 0 spiro atoms. The maximum atomic E-state index is 12.5. The standard InChI is InChI=1S/C23H19ClN2O4/c24-19-8-4-17(5-9-19)23(28)18-6-10-20(11-7-18)30-16-22(27)26(13-2-12-25)15-21-3-1-14-29-21/h1,3-11,14H,2,13,15-16H2. The molecule has 6 nitrogen and oxygen atoms in total. The topological polar surface area (TPSA) is 83.5 Å². The first-order valence-corrected chi connectivity index (χ1v) is 9.65. The zero-order valence-electron chi connectivity index (χ0n) is 16.1. The van der Waals surface area contributed by atoms with Crippen LogP contribution in [0.25, 0.3) is 0 Å². The quantitative estimate of drug-likeness (QED) is 0.474. The second-order valence-corrected chi connectivity index (χ2v) is 6.89. The smallest absolute Gasteiger partial charge is 0.260 e. The van der Waals surface area contributed by atoms with Gasteiger partial charge in [0.1, 0.15) is 11.5 Å². The number of ether oxygens (including phenoxy) is 1. The van der Waals surface area contributed by atoms with E-state index in [2.05, 4.69) is 0 Å². The average Bonchev–Trinajstić information content (AvgIpc) is 3.28. The van der Waals surface area contributed by atoms with Crippen molar-refractivity contribution in [3.05, 3.63) is 88.8 Å². The molecule has 0 aliphatic heterocycles. The molecular weight excluding hydrogens is 404 g/mol. The van der Waals surface area contributed by atoms with Crippen molar-refractivity contribution in [1.29, 1.82) is 5.26 Å². The SMILES string of the molecule is N#CCCN(Cc1ccco1)C(=O)COc1ccc(C(=O)c2ccc(Cl)cc2)cc1. The highest BCUT2D eigenvalue weighted by molar-refractivity contribution is 6.30. The van der Waals surface area contributed by atoms with E-state index in [1.165, 1.54) is 11.2 Å². The van der Waals surface area contributed by atoms with Gasteiger partial charge in [-0.2, -0.15) is 5.26 Å². The minimum Gasteiger partial charge on any atom is -0.484 e. The molecule has 0 atom stereocenters. The van der Waals surface area contributed by atoms with Crippen LogP contribution in [-0.2, 0) is 11.3 Å². The van der Waals surface area contributed by atoms with Gasteiger partial charge in [0.05, 0.1) is 25.3 Å². The van der Waals surface area contributed by atoms with E-state index in [9.17, 15) is 9.59 Å². The van der Waals surface area contributed by atoms with Gasteiger partial charge in [0.2, 0.25) is 0 Å². The Morgan fingerprint density at radius 2 is 1.70 bits per heavy atom. The fraction of sp³-hybridized carbons (Fsp3) is 0.174. The summed E-state index contributed by atoms with van der Waals surface area (Å²) in [6.07, 6.45) is 1.75. The number of carbonyl (C=O) groups is 2. The highest BCUT2D eigenvalue weighted by atomic mass is 35.5. The van der Waals surface area contributed by atoms with Gasteiger partial charge >= 0.3 is 0 Å². The van der Waals surface area contributed by atoms with E-state index >= 15 is 0 Å². The van der Waals surface area contributed by atoms with Crippen LogP contribution in [0.5, 0.6) is 5.75 Å². The highest BCUT2D eigenvalue weighted by Crippen LogP contribution is 2.17. The predicted molar refractivity (Wildman–Crippen MR) is 111 cm³/mol. The maximum Gasteiger partial charge on any atom is 0.260 e. The van der Waals surface area contributed by atoms with Gasteiger partial charge in [-0.1, -0.05) is 11.6 Å². The number of hydrogen-bond acceptors (Lipinski definition) is 5. The fourth-order valence-corrected chi connectivity index (χ4v) is 2.90. The van der Waals surface area contributed by atoms with Crippen molar-refractivity contribution >= 4 is 23.3 Å². The third-order valence-corrected chi connectivity index (χ3v) is 4.61. The molecule has 0 unspecified atom stereocenters. The van der Waals surface area contributed by atoms with Gasteiger partial charge in [0.25, 0.3) is 5.91 Å². The Kier molecular flexibility index (Phi) is 7.25. The molecule has 0 radical (unpaired) electrons. The number of ketones is 1. The molecule has 0 N–H and O–H groups in total. The van der Waals surface area contributed by atoms with Crippen molar-refractivity contribution in [2.75, 3.05) is 13.2 Å². The van der Waals surface area contributed by atoms with Crippen molar-refractivity contribution in [3.8, 4) is 11.8 Å². The zero-order chi connectivity index (χ0) is 21.3. The monoisotopic (exact) mass is 422 g/mol. The molecule has 30 heavy (non-hydrogen) atoms. The normalized spacial score (nSPS) is 10.3. The second-order valence-electron chi connectivity index (χ2n) is 6.45. The minimum atomic E-state index is -0.261. The zero-order valence-corrected chi connectivity index (χ0v) is 16.8. The Morgan fingerprint density at radius 3 is 2.30 bits per heavy atom. The molecule has 152 valence electrons. The number of amides is 1. The van der Waals surface area contributed by atoms with Crippen molar-refractivity contribution in [1.82, 2.24) is 4.90 Å². The van der Waals surface area contributed by atoms with Gasteiger partial charge < -0.3 is 14.1 Å². The van der Waals surface area contributed by atoms with Crippen LogP contribution in [0.3, 0.4) is 0 Å². The molecule has 0 aliphatic carbocycles. The Bertz CT molecular complexity index is 1020. The number of benzene rings is 2. The Balaban J connectivity index is 1.59. The lowest BCUT2D eigenvalue weighted by Crippen LogP contribution is -2.35. The van der Waals surface area contributed by atoms with Gasteiger partial charge in [0, 0.05) is 22.7 Å². The van der Waals surface area contributed by atoms with E-state index in [0.29, 0.717) is 27.7 Å². The fourth-order valence-electron chi connectivity index (χ4n) is 2.77. The predicted octanol–water partition coefficient (Wildman–Crippen LogP) is 4.49. The van der Waals surface area contributed by atoms with E-state index in [-0.39, 0.29) is 37.8 Å².